The van der Waals surface area contributed by atoms with Crippen LogP contribution in [-0.4, -0.2) is 18.0 Å². The van der Waals surface area contributed by atoms with Crippen molar-refractivity contribution in [2.45, 2.75) is 4.90 Å². The highest BCUT2D eigenvalue weighted by Crippen LogP contribution is 2.22. The molecule has 0 aliphatic heterocycles. The second-order valence-corrected chi connectivity index (χ2v) is 2.93. The quantitative estimate of drug-likeness (QED) is 0.549. The Bertz CT molecular complexity index is 229. The highest BCUT2D eigenvalue weighted by atomic mass is 32.2. The fourth-order valence-corrected chi connectivity index (χ4v) is 1.27. The van der Waals surface area contributed by atoms with Gasteiger partial charge in [0.25, 0.3) is 0 Å². The Morgan fingerprint density at radius 1 is 1.73 bits per heavy atom. The van der Waals surface area contributed by atoms with E-state index < -0.39 is 0 Å². The van der Waals surface area contributed by atoms with Crippen molar-refractivity contribution in [3.63, 3.8) is 0 Å². The van der Waals surface area contributed by atoms with Crippen molar-refractivity contribution in [3.8, 4) is 0 Å². The van der Waals surface area contributed by atoms with Gasteiger partial charge in [0.15, 0.2) is 0 Å². The summed E-state index contributed by atoms with van der Waals surface area (Å²) < 4.78 is 4.89. The summed E-state index contributed by atoms with van der Waals surface area (Å²) in [5, 5.41) is 0. The maximum Gasteiger partial charge on any atom is 0.0963 e. The van der Waals surface area contributed by atoms with E-state index in [-0.39, 0.29) is 0 Å². The highest BCUT2D eigenvalue weighted by molar-refractivity contribution is 7.99. The van der Waals surface area contributed by atoms with E-state index in [0.717, 1.165) is 4.90 Å². The van der Waals surface area contributed by atoms with Crippen LogP contribution in [0.2, 0.25) is 0 Å². The zero-order valence-electron chi connectivity index (χ0n) is 6.28. The van der Waals surface area contributed by atoms with Gasteiger partial charge in [0.05, 0.1) is 17.8 Å². The zero-order valence-corrected chi connectivity index (χ0v) is 7.10. The molecular formula is C7H10N2OS. The first-order valence-corrected chi connectivity index (χ1v) is 4.14. The molecule has 0 bridgehead atoms. The number of pyridine rings is 1. The molecule has 2 N–H and O–H groups in total. The lowest BCUT2D eigenvalue weighted by Gasteiger charge is -2.01. The zero-order chi connectivity index (χ0) is 8.10. The average molecular weight is 170 g/mol. The van der Waals surface area contributed by atoms with E-state index in [1.54, 1.807) is 31.3 Å². The Morgan fingerprint density at radius 2 is 2.55 bits per heavy atom. The van der Waals surface area contributed by atoms with Crippen LogP contribution in [0, 0.1) is 0 Å². The van der Waals surface area contributed by atoms with Crippen molar-refractivity contribution >= 4 is 17.4 Å². The van der Waals surface area contributed by atoms with Gasteiger partial charge in [-0.2, -0.15) is 0 Å². The molecular weight excluding hydrogens is 160 g/mol. The summed E-state index contributed by atoms with van der Waals surface area (Å²) in [6.45, 7) is 0. The number of anilines is 1. The van der Waals surface area contributed by atoms with Crippen LogP contribution in [0.1, 0.15) is 0 Å². The average Bonchev–Trinajstić information content (AvgIpc) is 2.03. The third kappa shape index (κ3) is 2.40. The van der Waals surface area contributed by atoms with Crippen molar-refractivity contribution < 1.29 is 4.74 Å². The predicted octanol–water partition coefficient (Wildman–Crippen LogP) is 1.36. The van der Waals surface area contributed by atoms with Crippen LogP contribution in [-0.2, 0) is 4.74 Å². The second-order valence-electron chi connectivity index (χ2n) is 1.96. The molecule has 0 aromatic carbocycles. The number of hydrogen-bond acceptors (Lipinski definition) is 4. The Balaban J connectivity index is 2.62. The SMILES string of the molecule is COCSc1ccncc1N. The van der Waals surface area contributed by atoms with Crippen LogP contribution in [0.25, 0.3) is 0 Å². The van der Waals surface area contributed by atoms with E-state index in [4.69, 9.17) is 10.5 Å². The van der Waals surface area contributed by atoms with Crippen LogP contribution >= 0.6 is 11.8 Å². The van der Waals surface area contributed by atoms with Gasteiger partial charge >= 0.3 is 0 Å². The maximum atomic E-state index is 5.62. The Hall–Kier alpha value is -0.740. The number of ether oxygens (including phenoxy) is 1. The number of nitrogens with two attached hydrogens (primary N) is 1. The number of methoxy groups -OCH3 is 1. The lowest BCUT2D eigenvalue weighted by Crippen LogP contribution is -1.90. The molecule has 11 heavy (non-hydrogen) atoms. The molecule has 0 atom stereocenters. The number of nitrogens with zero attached hydrogens (tertiary/aromatic N) is 1. The van der Waals surface area contributed by atoms with Crippen molar-refractivity contribution in [1.29, 1.82) is 0 Å². The minimum atomic E-state index is 0.619. The highest BCUT2D eigenvalue weighted by Gasteiger charge is 1.96. The van der Waals surface area contributed by atoms with E-state index >= 15 is 0 Å². The fraction of sp³-hybridized carbons (Fsp3) is 0.286. The fourth-order valence-electron chi connectivity index (χ4n) is 0.648. The molecule has 0 saturated heterocycles. The normalized spacial score (nSPS) is 9.91. The molecule has 0 spiro atoms. The van der Waals surface area contributed by atoms with Crippen molar-refractivity contribution in [2.24, 2.45) is 0 Å². The molecule has 1 rings (SSSR count). The molecule has 0 aliphatic rings. The molecule has 0 amide bonds. The summed E-state index contributed by atoms with van der Waals surface area (Å²) in [6, 6.07) is 1.87. The lowest BCUT2D eigenvalue weighted by molar-refractivity contribution is 0.259. The van der Waals surface area contributed by atoms with Gasteiger partial charge in [-0.15, -0.1) is 0 Å². The minimum Gasteiger partial charge on any atom is -0.397 e. The van der Waals surface area contributed by atoms with E-state index in [2.05, 4.69) is 4.98 Å². The molecule has 0 radical (unpaired) electrons. The largest absolute Gasteiger partial charge is 0.397 e. The van der Waals surface area contributed by atoms with Gasteiger partial charge in [-0.1, -0.05) is 11.8 Å². The summed E-state index contributed by atoms with van der Waals surface area (Å²) >= 11 is 1.56. The van der Waals surface area contributed by atoms with Crippen molar-refractivity contribution in [3.05, 3.63) is 18.5 Å². The molecule has 0 saturated carbocycles. The smallest absolute Gasteiger partial charge is 0.0963 e. The number of aromatic nitrogens is 1. The summed E-state index contributed by atoms with van der Waals surface area (Å²) in [5.74, 6) is 0.619. The molecule has 3 nitrogen and oxygen atoms in total. The van der Waals surface area contributed by atoms with Crippen LogP contribution in [0.15, 0.2) is 23.4 Å². The van der Waals surface area contributed by atoms with E-state index in [0.29, 0.717) is 11.6 Å². The van der Waals surface area contributed by atoms with Gasteiger partial charge in [-0.05, 0) is 6.07 Å². The van der Waals surface area contributed by atoms with Gasteiger partial charge in [0.2, 0.25) is 0 Å². The van der Waals surface area contributed by atoms with Gasteiger partial charge in [0.1, 0.15) is 0 Å². The Morgan fingerprint density at radius 3 is 3.18 bits per heavy atom. The molecule has 60 valence electrons. The summed E-state index contributed by atoms with van der Waals surface area (Å²) in [6.07, 6.45) is 3.35. The van der Waals surface area contributed by atoms with E-state index in [9.17, 15) is 0 Å². The molecule has 1 aromatic rings. The summed E-state index contributed by atoms with van der Waals surface area (Å²) in [7, 11) is 1.66. The Kier molecular flexibility index (Phi) is 3.19. The van der Waals surface area contributed by atoms with Crippen LogP contribution in [0.5, 0.6) is 0 Å². The van der Waals surface area contributed by atoms with Crippen LogP contribution < -0.4 is 5.73 Å². The third-order valence-corrected chi connectivity index (χ3v) is 2.18. The minimum absolute atomic E-state index is 0.619. The molecule has 0 fully saturated rings. The maximum absolute atomic E-state index is 5.62. The van der Waals surface area contributed by atoms with Gasteiger partial charge in [-0.25, -0.2) is 0 Å². The van der Waals surface area contributed by atoms with Gasteiger partial charge in [-0.3, -0.25) is 4.98 Å². The van der Waals surface area contributed by atoms with Crippen molar-refractivity contribution in [1.82, 2.24) is 4.98 Å². The van der Waals surface area contributed by atoms with Gasteiger partial charge < -0.3 is 10.5 Å². The van der Waals surface area contributed by atoms with Crippen LogP contribution in [0.4, 0.5) is 5.69 Å². The monoisotopic (exact) mass is 170 g/mol. The van der Waals surface area contributed by atoms with Crippen LogP contribution in [0.3, 0.4) is 0 Å². The molecule has 0 aliphatic carbocycles. The van der Waals surface area contributed by atoms with Gasteiger partial charge in [0, 0.05) is 18.2 Å². The molecule has 1 aromatic heterocycles. The van der Waals surface area contributed by atoms with E-state index in [1.165, 1.54) is 0 Å². The second kappa shape index (κ2) is 4.20. The molecule has 4 heteroatoms. The first-order valence-electron chi connectivity index (χ1n) is 3.16. The van der Waals surface area contributed by atoms with Crippen molar-refractivity contribution in [2.75, 3.05) is 18.8 Å². The topological polar surface area (TPSA) is 48.1 Å². The number of nitrogen functional groups attached to an aromatic ring is 1. The third-order valence-electron chi connectivity index (χ3n) is 1.14. The molecule has 0 unspecified atom stereocenters. The predicted molar refractivity (Wildman–Crippen MR) is 46.4 cm³/mol. The lowest BCUT2D eigenvalue weighted by atomic mass is 10.4. The first kappa shape index (κ1) is 8.36. The summed E-state index contributed by atoms with van der Waals surface area (Å²) in [5.41, 5.74) is 6.33. The standard InChI is InChI=1S/C7H10N2OS/c1-10-5-11-7-2-3-9-4-6(7)8/h2-4H,5,8H2,1H3. The Labute approximate surface area is 70.0 Å². The number of rotatable bonds is 3. The van der Waals surface area contributed by atoms with E-state index in [1.807, 2.05) is 6.07 Å². The summed E-state index contributed by atoms with van der Waals surface area (Å²) in [4.78, 5) is 4.89. The number of hydrogen-bond donors (Lipinski definition) is 1. The number of thioether (sulfide) groups is 1. The molecule has 1 heterocycles. The first-order chi connectivity index (χ1) is 5.34.